The molecule has 5 rings (SSSR count). The van der Waals surface area contributed by atoms with Gasteiger partial charge in [0.15, 0.2) is 0 Å². The molecule has 0 aliphatic rings. The van der Waals surface area contributed by atoms with Crippen LogP contribution in [-0.4, -0.2) is 47.1 Å². The summed E-state index contributed by atoms with van der Waals surface area (Å²) >= 11 is 3.76. The van der Waals surface area contributed by atoms with Crippen molar-refractivity contribution in [2.24, 2.45) is 7.05 Å². The number of fused-ring (bicyclic) bond motifs is 2. The predicted molar refractivity (Wildman–Crippen MR) is 197 cm³/mol. The molecular weight excluding hydrogens is 664 g/mol. The van der Waals surface area contributed by atoms with E-state index in [0.29, 0.717) is 37.2 Å². The van der Waals surface area contributed by atoms with Crippen LogP contribution in [0.2, 0.25) is 0 Å². The zero-order valence-corrected chi connectivity index (χ0v) is 30.0. The molecule has 2 heterocycles. The highest BCUT2D eigenvalue weighted by Crippen LogP contribution is 2.41. The number of aromatic nitrogens is 3. The summed E-state index contributed by atoms with van der Waals surface area (Å²) in [5, 5.41) is 12.3. The van der Waals surface area contributed by atoms with Crippen molar-refractivity contribution in [1.29, 1.82) is 0 Å². The molecule has 0 aliphatic carbocycles. The van der Waals surface area contributed by atoms with Crippen molar-refractivity contribution in [3.05, 3.63) is 82.8 Å². The minimum atomic E-state index is -0.271. The lowest BCUT2D eigenvalue weighted by Gasteiger charge is -2.16. The third kappa shape index (κ3) is 7.14. The highest BCUT2D eigenvalue weighted by atomic mass is 79.9. The van der Waals surface area contributed by atoms with Gasteiger partial charge in [0.05, 0.1) is 30.1 Å². The molecule has 9 heteroatoms. The number of hydrogen-bond acceptors (Lipinski definition) is 5. The van der Waals surface area contributed by atoms with Gasteiger partial charge in [-0.05, 0) is 75.7 Å². The van der Waals surface area contributed by atoms with Gasteiger partial charge in [0.25, 0.3) is 0 Å². The first kappa shape index (κ1) is 35.5. The van der Waals surface area contributed by atoms with Crippen molar-refractivity contribution in [3.8, 4) is 16.9 Å². The maximum atomic E-state index is 13.8. The topological polar surface area (TPSA) is 70.3 Å². The van der Waals surface area contributed by atoms with Crippen LogP contribution >= 0.6 is 28.3 Å². The summed E-state index contributed by atoms with van der Waals surface area (Å²) in [7, 11) is 3.98. The van der Waals surface area contributed by atoms with Gasteiger partial charge >= 0.3 is 5.97 Å². The number of carbonyl (C=O) groups excluding carboxylic acids is 1. The molecule has 0 bridgehead atoms. The first-order valence-corrected chi connectivity index (χ1v) is 17.2. The number of halogens is 2. The molecule has 0 spiro atoms. The van der Waals surface area contributed by atoms with Gasteiger partial charge in [-0.15, -0.1) is 12.4 Å². The first-order chi connectivity index (χ1) is 21.9. The highest BCUT2D eigenvalue weighted by Gasteiger charge is 2.29. The fraction of sp³-hybridized carbons (Fsp3) is 0.405. The lowest BCUT2D eigenvalue weighted by atomic mass is 9.93. The standard InChI is InChI=1S/C37H45BrN4O3.ClH.H2/c1-6-13-30-34(31(24-38)41(5)40-30)33-25(3)19-20-29-28(36(37(43)44-7-2)42(35(29)33)22-12-21-39-4)17-11-23-45-32-18-10-15-26-14-8-9-16-27(26)32;;/h8-10,14-16,18-20,39H,6-7,11-13,17,21-24H2,1-5H3;2*1H. The monoisotopic (exact) mass is 710 g/mol. The van der Waals surface area contributed by atoms with Gasteiger partial charge in [-0.1, -0.05) is 77.8 Å². The normalized spacial score (nSPS) is 11.3. The molecule has 0 aliphatic heterocycles. The Hall–Kier alpha value is -3.33. The summed E-state index contributed by atoms with van der Waals surface area (Å²) in [6, 6.07) is 18.8. The van der Waals surface area contributed by atoms with Crippen LogP contribution in [0, 0.1) is 6.92 Å². The molecule has 5 aromatic rings. The molecule has 0 saturated heterocycles. The zero-order valence-electron chi connectivity index (χ0n) is 27.6. The van der Waals surface area contributed by atoms with Crippen LogP contribution < -0.4 is 10.1 Å². The number of aryl methyl sites for hydroxylation is 5. The van der Waals surface area contributed by atoms with Gasteiger partial charge in [0.1, 0.15) is 11.4 Å². The lowest BCUT2D eigenvalue weighted by molar-refractivity contribution is 0.0512. The Morgan fingerprint density at radius 3 is 2.52 bits per heavy atom. The fourth-order valence-corrected chi connectivity index (χ4v) is 7.13. The minimum Gasteiger partial charge on any atom is -0.493 e. The quantitative estimate of drug-likeness (QED) is 0.0668. The van der Waals surface area contributed by atoms with E-state index in [1.165, 1.54) is 11.1 Å². The molecule has 0 saturated carbocycles. The Balaban J connectivity index is 0.00000300. The van der Waals surface area contributed by atoms with Crippen molar-refractivity contribution >= 4 is 56.0 Å². The van der Waals surface area contributed by atoms with E-state index < -0.39 is 0 Å². The van der Waals surface area contributed by atoms with E-state index in [1.807, 2.05) is 50.0 Å². The number of ether oxygens (including phenoxy) is 2. The van der Waals surface area contributed by atoms with Crippen LogP contribution in [0.4, 0.5) is 0 Å². The molecule has 248 valence electrons. The van der Waals surface area contributed by atoms with Crippen LogP contribution in [0.1, 0.15) is 67.5 Å². The summed E-state index contributed by atoms with van der Waals surface area (Å²) in [6.07, 6.45) is 4.21. The smallest absolute Gasteiger partial charge is 0.355 e. The van der Waals surface area contributed by atoms with E-state index in [9.17, 15) is 4.79 Å². The van der Waals surface area contributed by atoms with Crippen molar-refractivity contribution in [1.82, 2.24) is 19.7 Å². The summed E-state index contributed by atoms with van der Waals surface area (Å²) in [4.78, 5) is 13.8. The average molecular weight is 712 g/mol. The van der Waals surface area contributed by atoms with Crippen LogP contribution in [0.25, 0.3) is 32.8 Å². The van der Waals surface area contributed by atoms with E-state index >= 15 is 0 Å². The maximum absolute atomic E-state index is 13.8. The number of nitrogens with zero attached hydrogens (tertiary/aromatic N) is 3. The van der Waals surface area contributed by atoms with Gasteiger partial charge in [-0.2, -0.15) is 5.10 Å². The van der Waals surface area contributed by atoms with Crippen LogP contribution in [0.15, 0.2) is 54.6 Å². The van der Waals surface area contributed by atoms with Crippen LogP contribution in [0.3, 0.4) is 0 Å². The Morgan fingerprint density at radius 1 is 1.00 bits per heavy atom. The van der Waals surface area contributed by atoms with Gasteiger partial charge in [-0.25, -0.2) is 4.79 Å². The van der Waals surface area contributed by atoms with Crippen molar-refractivity contribution in [2.45, 2.75) is 64.8 Å². The molecule has 7 nitrogen and oxygen atoms in total. The molecule has 46 heavy (non-hydrogen) atoms. The molecule has 2 aromatic heterocycles. The third-order valence-corrected chi connectivity index (χ3v) is 9.03. The van der Waals surface area contributed by atoms with Gasteiger partial charge < -0.3 is 19.4 Å². The third-order valence-electron chi connectivity index (χ3n) is 8.49. The van der Waals surface area contributed by atoms with E-state index in [2.05, 4.69) is 70.0 Å². The van der Waals surface area contributed by atoms with Crippen LogP contribution in [-0.2, 0) is 36.5 Å². The average Bonchev–Trinajstić information content (AvgIpc) is 3.52. The number of carbonyl (C=O) groups is 1. The van der Waals surface area contributed by atoms with E-state index in [-0.39, 0.29) is 19.8 Å². The maximum Gasteiger partial charge on any atom is 0.355 e. The van der Waals surface area contributed by atoms with Gasteiger partial charge in [-0.3, -0.25) is 4.68 Å². The molecule has 0 unspecified atom stereocenters. The zero-order chi connectivity index (χ0) is 31.9. The number of alkyl halides is 1. The van der Waals surface area contributed by atoms with Crippen LogP contribution in [0.5, 0.6) is 5.75 Å². The summed E-state index contributed by atoms with van der Waals surface area (Å²) in [5.74, 6) is 0.612. The SMILES string of the molecule is CCCc1nn(C)c(CBr)c1-c1c(C)ccc2c(CCCOc3cccc4ccccc34)c(C(=O)OCC)n(CCCNC)c12.Cl.[HH]. The molecule has 0 radical (unpaired) electrons. The fourth-order valence-electron chi connectivity index (χ4n) is 6.48. The molecule has 0 amide bonds. The van der Waals surface area contributed by atoms with Crippen molar-refractivity contribution in [2.75, 3.05) is 26.8 Å². The number of nitrogens with one attached hydrogen (secondary N) is 1. The van der Waals surface area contributed by atoms with Crippen molar-refractivity contribution < 1.29 is 15.7 Å². The number of esters is 1. The molecule has 0 atom stereocenters. The van der Waals surface area contributed by atoms with Gasteiger partial charge in [0, 0.05) is 42.2 Å². The molecular formula is C37H48BrClN4O3. The first-order valence-electron chi connectivity index (χ1n) is 16.1. The molecule has 1 N–H and O–H groups in total. The second-order valence-corrected chi connectivity index (χ2v) is 12.1. The van der Waals surface area contributed by atoms with E-state index in [4.69, 9.17) is 14.6 Å². The second kappa shape index (κ2) is 16.5. The minimum absolute atomic E-state index is 0. The Morgan fingerprint density at radius 2 is 1.78 bits per heavy atom. The lowest BCUT2D eigenvalue weighted by Crippen LogP contribution is -2.17. The van der Waals surface area contributed by atoms with E-state index in [0.717, 1.165) is 82.2 Å². The number of rotatable bonds is 15. The Bertz CT molecular complexity index is 1800. The molecule has 0 fully saturated rings. The van der Waals surface area contributed by atoms with Gasteiger partial charge in [0.2, 0.25) is 0 Å². The predicted octanol–water partition coefficient (Wildman–Crippen LogP) is 8.82. The summed E-state index contributed by atoms with van der Waals surface area (Å²) < 4.78 is 16.3. The number of hydrogen-bond donors (Lipinski definition) is 1. The van der Waals surface area contributed by atoms with E-state index in [1.54, 1.807) is 0 Å². The summed E-state index contributed by atoms with van der Waals surface area (Å²) in [6.45, 7) is 8.63. The second-order valence-electron chi connectivity index (χ2n) is 11.5. The largest absolute Gasteiger partial charge is 0.493 e. The Kier molecular flexibility index (Phi) is 12.7. The number of benzene rings is 3. The summed E-state index contributed by atoms with van der Waals surface area (Å²) in [5.41, 5.74) is 8.50. The van der Waals surface area contributed by atoms with Crippen molar-refractivity contribution in [3.63, 3.8) is 0 Å². The Labute approximate surface area is 288 Å². The molecule has 3 aromatic carbocycles. The highest BCUT2D eigenvalue weighted by molar-refractivity contribution is 9.08.